The molecule has 0 N–H and O–H groups in total. The average Bonchev–Trinajstić information content (AvgIpc) is 3.34. The van der Waals surface area contributed by atoms with E-state index in [4.69, 9.17) is 9.58 Å². The van der Waals surface area contributed by atoms with Gasteiger partial charge in [0.05, 0.1) is 0 Å². The average molecular weight is 1020 g/mol. The van der Waals surface area contributed by atoms with E-state index in [1.165, 1.54) is 65.6 Å². The summed E-state index contributed by atoms with van der Waals surface area (Å²) in [7, 11) is 3.36. The van der Waals surface area contributed by atoms with Crippen molar-refractivity contribution in [1.29, 1.82) is 0 Å². The third-order valence-corrected chi connectivity index (χ3v) is 16.5. The van der Waals surface area contributed by atoms with E-state index in [0.29, 0.717) is 0 Å². The molecule has 9 rings (SSSR count). The number of hydrogen-bond acceptors (Lipinski definition) is 0. The Morgan fingerprint density at radius 3 is 0.339 bits per heavy atom. The first-order valence-corrected chi connectivity index (χ1v) is 26.7. The van der Waals surface area contributed by atoms with Gasteiger partial charge in [0.25, 0.3) is 0 Å². The van der Waals surface area contributed by atoms with E-state index in [9.17, 15) is 0 Å². The third kappa shape index (κ3) is 13.1. The van der Waals surface area contributed by atoms with E-state index in [1.54, 1.807) is 0 Å². The van der Waals surface area contributed by atoms with Crippen LogP contribution in [0.5, 0.6) is 0 Å². The molecule has 59 heavy (non-hydrogen) atoms. The zero-order valence-corrected chi connectivity index (χ0v) is 38.7. The molecule has 0 aliphatic heterocycles. The minimum Gasteiger partial charge on any atom is -0.0622 e. The van der Waals surface area contributed by atoms with Crippen LogP contribution in [-0.2, 0) is 17.9 Å². The van der Waals surface area contributed by atoms with E-state index >= 15 is 0 Å². The molecule has 0 spiro atoms. The molecule has 294 valence electrons. The Morgan fingerprint density at radius 1 is 0.169 bits per heavy atom. The fourth-order valence-electron chi connectivity index (χ4n) is 6.54. The Balaban J connectivity index is 0.000000146. The number of hydrogen-bond donors (Lipinski definition) is 0. The molecule has 0 radical (unpaired) electrons. The predicted molar refractivity (Wildman–Crippen MR) is 264 cm³/mol. The van der Waals surface area contributed by atoms with Gasteiger partial charge in [-0.1, -0.05) is 273 Å². The van der Waals surface area contributed by atoms with Crippen molar-refractivity contribution in [2.45, 2.75) is 0 Å². The van der Waals surface area contributed by atoms with Crippen LogP contribution in [0.1, 0.15) is 0 Å². The van der Waals surface area contributed by atoms with Gasteiger partial charge in [-0.15, -0.1) is 0 Å². The Labute approximate surface area is 369 Å². The molecule has 0 heterocycles. The molecule has 0 aliphatic rings. The van der Waals surface area contributed by atoms with Gasteiger partial charge in [-0.25, -0.2) is 0 Å². The quantitative estimate of drug-likeness (QED) is 0.126. The van der Waals surface area contributed by atoms with E-state index < -0.39 is 23.8 Å². The minimum absolute atomic E-state index is 0.446. The van der Waals surface area contributed by atoms with Crippen molar-refractivity contribution in [3.05, 3.63) is 273 Å². The molecule has 0 amide bonds. The molecule has 9 aromatic carbocycles. The minimum atomic E-state index is -0.446. The summed E-state index contributed by atoms with van der Waals surface area (Å²) in [6.45, 7) is 0. The molecule has 0 saturated heterocycles. The van der Waals surface area contributed by atoms with E-state index in [2.05, 4.69) is 273 Å². The normalized spacial score (nSPS) is 10.3. The standard InChI is InChI=1S/3C18H15P.ClH.Ir.2H/c3*1-4-10-16(11-5-1)19(17-12-6-2-7-13-17)18-14-8-3-9-15-18;;;;/h3*1-15H;1H;;;/q;;;;+1;;/p-1. The topological polar surface area (TPSA) is 0 Å². The third-order valence-electron chi connectivity index (χ3n) is 9.13. The molecule has 0 bridgehead atoms. The van der Waals surface area contributed by atoms with E-state index in [0.717, 1.165) is 0 Å². The summed E-state index contributed by atoms with van der Waals surface area (Å²) in [6, 6.07) is 97.0. The molecule has 0 atom stereocenters. The fraction of sp³-hybridized carbons (Fsp3) is 0. The van der Waals surface area contributed by atoms with Crippen LogP contribution in [-0.4, -0.2) is 0 Å². The Bertz CT molecular complexity index is 1870. The predicted octanol–water partition coefficient (Wildman–Crippen LogP) is 10.5. The summed E-state index contributed by atoms with van der Waals surface area (Å²) in [5.41, 5.74) is 0. The largest absolute Gasteiger partial charge is 0.0622 e. The Hall–Kier alpha value is -4.79. The summed E-state index contributed by atoms with van der Waals surface area (Å²) in [5, 5.41) is 12.6. The second-order valence-electron chi connectivity index (χ2n) is 13.0. The van der Waals surface area contributed by atoms with Gasteiger partial charge in [-0.3, -0.25) is 0 Å². The zero-order valence-electron chi connectivity index (χ0n) is 32.6. The summed E-state index contributed by atoms with van der Waals surface area (Å²) in [6.07, 6.45) is 0. The first kappa shape index (κ1) is 43.8. The van der Waals surface area contributed by atoms with Crippen LogP contribution < -0.4 is 47.7 Å². The molecule has 9 aromatic rings. The zero-order chi connectivity index (χ0) is 40.7. The Kier molecular flexibility index (Phi) is 18.5. The van der Waals surface area contributed by atoms with Crippen LogP contribution >= 0.6 is 33.3 Å². The molecule has 0 unspecified atom stereocenters. The van der Waals surface area contributed by atoms with Crippen molar-refractivity contribution in [3.63, 3.8) is 0 Å². The second-order valence-corrected chi connectivity index (χ2v) is 19.7. The SMILES string of the molecule is [Cl][IrH2].c1ccc(P(c2ccccc2)c2ccccc2)cc1.c1ccc(P(c2ccccc2)c2ccccc2)cc1.c1ccc(P(c2ccccc2)c2ccccc2)cc1. The molecule has 0 fully saturated rings. The van der Waals surface area contributed by atoms with Gasteiger partial charge >= 0.3 is 27.5 Å². The number of benzene rings is 9. The van der Waals surface area contributed by atoms with Crippen LogP contribution in [0.2, 0.25) is 0 Å². The van der Waals surface area contributed by atoms with Crippen molar-refractivity contribution in [2.24, 2.45) is 0 Å². The van der Waals surface area contributed by atoms with Crippen molar-refractivity contribution in [2.75, 3.05) is 0 Å². The summed E-state index contributed by atoms with van der Waals surface area (Å²) >= 11 is 1.19. The summed E-state index contributed by atoms with van der Waals surface area (Å²) < 4.78 is 0. The van der Waals surface area contributed by atoms with Gasteiger partial charge in [0.15, 0.2) is 0 Å². The van der Waals surface area contributed by atoms with Gasteiger partial charge in [-0.05, 0) is 71.5 Å². The molecule has 5 heteroatoms. The molecule has 0 saturated carbocycles. The van der Waals surface area contributed by atoms with Gasteiger partial charge in [0, 0.05) is 0 Å². The smallest absolute Gasteiger partial charge is 0.0134 e. The fourth-order valence-corrected chi connectivity index (χ4v) is 13.5. The van der Waals surface area contributed by atoms with Crippen LogP contribution in [0.3, 0.4) is 0 Å². The van der Waals surface area contributed by atoms with Gasteiger partial charge in [0.1, 0.15) is 0 Å². The van der Waals surface area contributed by atoms with Gasteiger partial charge < -0.3 is 0 Å². The molecular formula is C54H47ClIrP3. The van der Waals surface area contributed by atoms with Crippen LogP contribution in [0.25, 0.3) is 0 Å². The summed E-state index contributed by atoms with van der Waals surface area (Å²) in [4.78, 5) is 0. The number of halogens is 1. The summed E-state index contributed by atoms with van der Waals surface area (Å²) in [5.74, 6) is 0. The maximum Gasteiger partial charge on any atom is -0.0134 e. The monoisotopic (exact) mass is 1020 g/mol. The molecule has 0 aliphatic carbocycles. The van der Waals surface area contributed by atoms with Crippen LogP contribution in [0.4, 0.5) is 0 Å². The maximum atomic E-state index is 4.69. The van der Waals surface area contributed by atoms with E-state index in [1.807, 2.05) is 0 Å². The maximum absolute atomic E-state index is 4.69. The number of rotatable bonds is 9. The van der Waals surface area contributed by atoms with Crippen LogP contribution in [0, 0.1) is 0 Å². The van der Waals surface area contributed by atoms with E-state index in [-0.39, 0.29) is 0 Å². The molecule has 0 nitrogen and oxygen atoms in total. The first-order valence-electron chi connectivity index (χ1n) is 19.4. The van der Waals surface area contributed by atoms with Gasteiger partial charge in [-0.2, -0.15) is 0 Å². The molecular weight excluding hydrogens is 969 g/mol. The van der Waals surface area contributed by atoms with Gasteiger partial charge in [0.2, 0.25) is 0 Å². The van der Waals surface area contributed by atoms with Crippen molar-refractivity contribution >= 4 is 81.1 Å². The Morgan fingerprint density at radius 2 is 0.254 bits per heavy atom. The van der Waals surface area contributed by atoms with Crippen molar-refractivity contribution in [1.82, 2.24) is 0 Å². The van der Waals surface area contributed by atoms with Crippen molar-refractivity contribution in [3.8, 4) is 0 Å². The van der Waals surface area contributed by atoms with Crippen LogP contribution in [0.15, 0.2) is 273 Å². The van der Waals surface area contributed by atoms with Crippen molar-refractivity contribution < 1.29 is 17.9 Å². The molecule has 0 aromatic heterocycles. The first-order chi connectivity index (χ1) is 29.3. The second kappa shape index (κ2) is 25.0.